The first-order chi connectivity index (χ1) is 24.3. The number of benzene rings is 8. The number of fused-ring (bicyclic) bond motifs is 11. The topological polar surface area (TPSA) is 12.5 Å². The minimum atomic E-state index is -0.520. The van der Waals surface area contributed by atoms with Crippen LogP contribution in [-0.4, -0.2) is 0 Å². The first kappa shape index (κ1) is 27.7. The van der Waals surface area contributed by atoms with Gasteiger partial charge in [0.15, 0.2) is 0 Å². The molecule has 0 saturated heterocycles. The summed E-state index contributed by atoms with van der Waals surface area (Å²) < 4.78 is 6.83. The van der Waals surface area contributed by atoms with Crippen molar-refractivity contribution in [3.63, 3.8) is 0 Å². The Morgan fingerprint density at radius 3 is 1.76 bits per heavy atom. The van der Waals surface area contributed by atoms with Crippen LogP contribution in [-0.2, 0) is 5.41 Å². The molecule has 0 bridgehead atoms. The molecule has 1 atom stereocenters. The third kappa shape index (κ3) is 4.01. The van der Waals surface area contributed by atoms with E-state index in [4.69, 9.17) is 4.74 Å². The van der Waals surface area contributed by atoms with E-state index in [1.165, 1.54) is 49.9 Å². The van der Waals surface area contributed by atoms with Crippen LogP contribution >= 0.6 is 0 Å². The number of hydrogen-bond donors (Lipinski definition) is 0. The highest BCUT2D eigenvalue weighted by molar-refractivity contribution is 5.99. The predicted octanol–water partition coefficient (Wildman–Crippen LogP) is 12.4. The van der Waals surface area contributed by atoms with Crippen LogP contribution in [0.5, 0.6) is 11.5 Å². The van der Waals surface area contributed by atoms with E-state index >= 15 is 0 Å². The Hall–Kier alpha value is -6.38. The van der Waals surface area contributed by atoms with Crippen molar-refractivity contribution in [3.8, 4) is 33.8 Å². The van der Waals surface area contributed by atoms with E-state index in [9.17, 15) is 0 Å². The van der Waals surface area contributed by atoms with Gasteiger partial charge in [-0.25, -0.2) is 0 Å². The summed E-state index contributed by atoms with van der Waals surface area (Å²) in [6, 6.07) is 67.7. The largest absolute Gasteiger partial charge is 0.456 e. The van der Waals surface area contributed by atoms with Gasteiger partial charge < -0.3 is 9.64 Å². The van der Waals surface area contributed by atoms with E-state index in [0.29, 0.717) is 0 Å². The molecule has 0 saturated carbocycles. The van der Waals surface area contributed by atoms with Gasteiger partial charge in [-0.1, -0.05) is 146 Å². The van der Waals surface area contributed by atoms with Gasteiger partial charge >= 0.3 is 0 Å². The van der Waals surface area contributed by atoms with Gasteiger partial charge in [-0.05, 0) is 81.2 Å². The summed E-state index contributed by atoms with van der Waals surface area (Å²) in [6.45, 7) is 0. The fourth-order valence-electron chi connectivity index (χ4n) is 8.31. The minimum absolute atomic E-state index is 0.520. The molecule has 0 N–H and O–H groups in total. The van der Waals surface area contributed by atoms with Gasteiger partial charge in [0.25, 0.3) is 0 Å². The number of hydrogen-bond acceptors (Lipinski definition) is 2. The van der Waals surface area contributed by atoms with Gasteiger partial charge in [0, 0.05) is 33.6 Å². The molecule has 0 fully saturated rings. The predicted molar refractivity (Wildman–Crippen MR) is 201 cm³/mol. The maximum Gasteiger partial charge on any atom is 0.140 e. The van der Waals surface area contributed by atoms with Crippen LogP contribution in [0.1, 0.15) is 22.3 Å². The molecule has 1 unspecified atom stereocenters. The summed E-state index contributed by atoms with van der Waals surface area (Å²) in [5.74, 6) is 1.85. The summed E-state index contributed by atoms with van der Waals surface area (Å²) >= 11 is 0. The second-order valence-corrected chi connectivity index (χ2v) is 12.8. The molecule has 0 amide bonds. The average Bonchev–Trinajstić information content (AvgIpc) is 3.47. The summed E-state index contributed by atoms with van der Waals surface area (Å²) in [7, 11) is 0. The van der Waals surface area contributed by atoms with Crippen LogP contribution in [0.25, 0.3) is 33.0 Å². The van der Waals surface area contributed by atoms with Crippen LogP contribution in [0.4, 0.5) is 17.1 Å². The monoisotopic (exact) mass is 625 g/mol. The maximum absolute atomic E-state index is 6.83. The molecule has 2 nitrogen and oxygen atoms in total. The summed E-state index contributed by atoms with van der Waals surface area (Å²) in [6.07, 6.45) is 0. The standard InChI is InChI=1S/C47H31NO/c1-3-15-34(16-4-1)48(35-17-5-2-6-18-35)36-29-26-33(27-30-36)37-21-13-24-42-45(37)39-20-9-10-22-40(39)47(42)41-23-11-12-25-44(41)49-46-38-19-8-7-14-32(38)28-31-43(46)47/h1-31H. The molecule has 0 radical (unpaired) electrons. The lowest BCUT2D eigenvalue weighted by atomic mass is 9.65. The Balaban J connectivity index is 1.20. The lowest BCUT2D eigenvalue weighted by Gasteiger charge is -2.39. The fourth-order valence-corrected chi connectivity index (χ4v) is 8.31. The summed E-state index contributed by atoms with van der Waals surface area (Å²) in [4.78, 5) is 2.31. The maximum atomic E-state index is 6.83. The summed E-state index contributed by atoms with van der Waals surface area (Å²) in [5, 5.41) is 2.31. The Labute approximate surface area is 286 Å². The lowest BCUT2D eigenvalue weighted by molar-refractivity contribution is 0.441. The quantitative estimate of drug-likeness (QED) is 0.193. The van der Waals surface area contributed by atoms with Crippen molar-refractivity contribution in [2.75, 3.05) is 4.90 Å². The zero-order valence-corrected chi connectivity index (χ0v) is 26.8. The van der Waals surface area contributed by atoms with E-state index in [2.05, 4.69) is 193 Å². The van der Waals surface area contributed by atoms with Gasteiger partial charge in [0.1, 0.15) is 11.5 Å². The molecule has 8 aromatic rings. The molecule has 0 aromatic heterocycles. The molecule has 1 aliphatic heterocycles. The van der Waals surface area contributed by atoms with E-state index in [0.717, 1.165) is 33.9 Å². The molecular formula is C47H31NO. The Bertz CT molecular complexity index is 2480. The third-order valence-corrected chi connectivity index (χ3v) is 10.3. The number of anilines is 3. The molecule has 1 spiro atoms. The van der Waals surface area contributed by atoms with E-state index in [1.807, 2.05) is 0 Å². The van der Waals surface area contributed by atoms with Crippen molar-refractivity contribution >= 4 is 27.8 Å². The van der Waals surface area contributed by atoms with Crippen molar-refractivity contribution in [1.82, 2.24) is 0 Å². The Morgan fingerprint density at radius 1 is 0.388 bits per heavy atom. The normalized spacial score (nSPS) is 15.2. The van der Waals surface area contributed by atoms with Crippen molar-refractivity contribution in [3.05, 3.63) is 210 Å². The number of nitrogens with zero attached hydrogens (tertiary/aromatic N) is 1. The number of rotatable bonds is 4. The van der Waals surface area contributed by atoms with Crippen molar-refractivity contribution in [2.24, 2.45) is 0 Å². The second-order valence-electron chi connectivity index (χ2n) is 12.8. The molecular weight excluding hydrogens is 595 g/mol. The van der Waals surface area contributed by atoms with Crippen LogP contribution in [0.2, 0.25) is 0 Å². The molecule has 49 heavy (non-hydrogen) atoms. The molecule has 1 aliphatic carbocycles. The smallest absolute Gasteiger partial charge is 0.140 e. The third-order valence-electron chi connectivity index (χ3n) is 10.3. The van der Waals surface area contributed by atoms with Gasteiger partial charge in [0.05, 0.1) is 5.41 Å². The van der Waals surface area contributed by atoms with Crippen LogP contribution in [0.15, 0.2) is 188 Å². The second kappa shape index (κ2) is 10.8. The first-order valence-corrected chi connectivity index (χ1v) is 16.9. The zero-order chi connectivity index (χ0) is 32.4. The fraction of sp³-hybridized carbons (Fsp3) is 0.0213. The highest BCUT2D eigenvalue weighted by Crippen LogP contribution is 2.64. The molecule has 2 heteroatoms. The molecule has 8 aromatic carbocycles. The van der Waals surface area contributed by atoms with Crippen LogP contribution < -0.4 is 9.64 Å². The molecule has 2 aliphatic rings. The molecule has 10 rings (SSSR count). The average molecular weight is 626 g/mol. The lowest BCUT2D eigenvalue weighted by Crippen LogP contribution is -2.32. The van der Waals surface area contributed by atoms with E-state index in [1.54, 1.807) is 0 Å². The zero-order valence-electron chi connectivity index (χ0n) is 26.8. The highest BCUT2D eigenvalue weighted by atomic mass is 16.5. The van der Waals surface area contributed by atoms with Gasteiger partial charge in [0.2, 0.25) is 0 Å². The van der Waals surface area contributed by atoms with Gasteiger partial charge in [-0.3, -0.25) is 0 Å². The van der Waals surface area contributed by atoms with Crippen molar-refractivity contribution in [2.45, 2.75) is 5.41 Å². The molecule has 1 heterocycles. The van der Waals surface area contributed by atoms with Crippen molar-refractivity contribution < 1.29 is 4.74 Å². The summed E-state index contributed by atoms with van der Waals surface area (Å²) in [5.41, 5.74) is 12.8. The van der Waals surface area contributed by atoms with Gasteiger partial charge in [-0.2, -0.15) is 0 Å². The van der Waals surface area contributed by atoms with E-state index in [-0.39, 0.29) is 0 Å². The SMILES string of the molecule is c1ccc(N(c2ccccc2)c2ccc(-c3cccc4c3-c3ccccc3C43c4ccccc4Oc4c3ccc3ccccc43)cc2)cc1. The van der Waals surface area contributed by atoms with Crippen molar-refractivity contribution in [1.29, 1.82) is 0 Å². The number of para-hydroxylation sites is 3. The van der Waals surface area contributed by atoms with Crippen LogP contribution in [0.3, 0.4) is 0 Å². The van der Waals surface area contributed by atoms with E-state index < -0.39 is 5.41 Å². The minimum Gasteiger partial charge on any atom is -0.456 e. The van der Waals surface area contributed by atoms with Crippen LogP contribution in [0, 0.1) is 0 Å². The number of ether oxygens (including phenoxy) is 1. The Kier molecular flexibility index (Phi) is 6.13. The first-order valence-electron chi connectivity index (χ1n) is 16.9. The molecule has 230 valence electrons. The highest BCUT2D eigenvalue weighted by Gasteiger charge is 2.51. The van der Waals surface area contributed by atoms with Gasteiger partial charge in [-0.15, -0.1) is 0 Å². The Morgan fingerprint density at radius 2 is 0.980 bits per heavy atom.